The van der Waals surface area contributed by atoms with E-state index in [9.17, 15) is 0 Å². The molecule has 4 nitrogen and oxygen atoms in total. The van der Waals surface area contributed by atoms with Gasteiger partial charge in [-0.3, -0.25) is 4.90 Å². The molecule has 19 heavy (non-hydrogen) atoms. The van der Waals surface area contributed by atoms with E-state index in [0.29, 0.717) is 0 Å². The van der Waals surface area contributed by atoms with E-state index < -0.39 is 0 Å². The average Bonchev–Trinajstić information content (AvgIpc) is 2.85. The molecule has 1 aromatic rings. The Morgan fingerprint density at radius 1 is 1.32 bits per heavy atom. The topological polar surface area (TPSA) is 47.1 Å². The zero-order valence-corrected chi connectivity index (χ0v) is 12.2. The van der Waals surface area contributed by atoms with E-state index in [1.807, 2.05) is 12.4 Å². The van der Waals surface area contributed by atoms with Gasteiger partial charge in [0.25, 0.3) is 0 Å². The van der Waals surface area contributed by atoms with Crippen LogP contribution in [0.15, 0.2) is 12.4 Å². The molecule has 0 unspecified atom stereocenters. The van der Waals surface area contributed by atoms with Crippen molar-refractivity contribution in [3.63, 3.8) is 0 Å². The maximum Gasteiger partial charge on any atom is 0.109 e. The van der Waals surface area contributed by atoms with Crippen molar-refractivity contribution >= 4 is 0 Å². The van der Waals surface area contributed by atoms with Crippen molar-refractivity contribution in [3.8, 4) is 0 Å². The van der Waals surface area contributed by atoms with Gasteiger partial charge in [0, 0.05) is 38.4 Å². The second-order valence-electron chi connectivity index (χ2n) is 5.67. The van der Waals surface area contributed by atoms with Crippen molar-refractivity contribution in [3.05, 3.63) is 18.2 Å². The van der Waals surface area contributed by atoms with Crippen LogP contribution in [0.2, 0.25) is 0 Å². The summed E-state index contributed by atoms with van der Waals surface area (Å²) in [6.07, 6.45) is 13.0. The highest BCUT2D eigenvalue weighted by Crippen LogP contribution is 2.22. The first-order valence-corrected chi connectivity index (χ1v) is 7.71. The first kappa shape index (κ1) is 14.5. The fraction of sp³-hybridized carbons (Fsp3) is 0.800. The Morgan fingerprint density at radius 3 is 2.74 bits per heavy atom. The number of aryl methyl sites for hydroxylation is 1. The summed E-state index contributed by atoms with van der Waals surface area (Å²) in [6.45, 7) is 3.06. The molecule has 0 bridgehead atoms. The van der Waals surface area contributed by atoms with Gasteiger partial charge in [-0.1, -0.05) is 19.3 Å². The zero-order valence-electron chi connectivity index (χ0n) is 12.2. The Morgan fingerprint density at radius 2 is 2.11 bits per heavy atom. The lowest BCUT2D eigenvalue weighted by Gasteiger charge is -2.34. The number of imidazole rings is 1. The van der Waals surface area contributed by atoms with Crippen LogP contribution in [0.1, 0.15) is 44.3 Å². The van der Waals surface area contributed by atoms with E-state index in [1.165, 1.54) is 37.9 Å². The van der Waals surface area contributed by atoms with Crippen molar-refractivity contribution in [2.75, 3.05) is 19.6 Å². The number of rotatable bonds is 7. The first-order valence-electron chi connectivity index (χ1n) is 7.71. The average molecular weight is 264 g/mol. The molecule has 0 saturated heterocycles. The Balaban J connectivity index is 1.87. The van der Waals surface area contributed by atoms with Gasteiger partial charge in [-0.2, -0.15) is 0 Å². The molecule has 1 aliphatic rings. The fourth-order valence-corrected chi connectivity index (χ4v) is 3.10. The molecule has 1 saturated carbocycles. The van der Waals surface area contributed by atoms with Gasteiger partial charge in [-0.15, -0.1) is 0 Å². The highest BCUT2D eigenvalue weighted by molar-refractivity contribution is 4.92. The van der Waals surface area contributed by atoms with Gasteiger partial charge < -0.3 is 10.3 Å². The molecule has 0 aromatic carbocycles. The van der Waals surface area contributed by atoms with Gasteiger partial charge in [0.2, 0.25) is 0 Å². The summed E-state index contributed by atoms with van der Waals surface area (Å²) in [6, 6.07) is 0.778. The molecule has 1 heterocycles. The predicted molar refractivity (Wildman–Crippen MR) is 79.0 cm³/mol. The van der Waals surface area contributed by atoms with Crippen LogP contribution in [-0.4, -0.2) is 40.1 Å². The quantitative estimate of drug-likeness (QED) is 0.819. The Labute approximate surface area is 117 Å². The van der Waals surface area contributed by atoms with Crippen LogP contribution in [-0.2, 0) is 13.5 Å². The molecule has 1 aromatic heterocycles. The first-order chi connectivity index (χ1) is 9.31. The summed E-state index contributed by atoms with van der Waals surface area (Å²) in [5.41, 5.74) is 5.68. The third-order valence-corrected chi connectivity index (χ3v) is 4.28. The molecule has 0 radical (unpaired) electrons. The highest BCUT2D eigenvalue weighted by Gasteiger charge is 2.20. The Hall–Kier alpha value is -0.870. The van der Waals surface area contributed by atoms with E-state index in [1.54, 1.807) is 0 Å². The van der Waals surface area contributed by atoms with E-state index in [4.69, 9.17) is 5.73 Å². The van der Waals surface area contributed by atoms with E-state index in [0.717, 1.165) is 38.5 Å². The van der Waals surface area contributed by atoms with Gasteiger partial charge in [0.15, 0.2) is 0 Å². The molecule has 1 fully saturated rings. The third-order valence-electron chi connectivity index (χ3n) is 4.28. The highest BCUT2D eigenvalue weighted by atomic mass is 15.2. The van der Waals surface area contributed by atoms with Crippen LogP contribution >= 0.6 is 0 Å². The van der Waals surface area contributed by atoms with Gasteiger partial charge >= 0.3 is 0 Å². The summed E-state index contributed by atoms with van der Waals surface area (Å²) in [5, 5.41) is 0. The van der Waals surface area contributed by atoms with Crippen LogP contribution < -0.4 is 5.73 Å². The Kier molecular flexibility index (Phi) is 5.86. The van der Waals surface area contributed by atoms with Crippen molar-refractivity contribution in [2.24, 2.45) is 12.8 Å². The minimum Gasteiger partial charge on any atom is -0.338 e. The van der Waals surface area contributed by atoms with E-state index >= 15 is 0 Å². The number of hydrogen-bond acceptors (Lipinski definition) is 3. The number of nitrogens with zero attached hydrogens (tertiary/aromatic N) is 3. The van der Waals surface area contributed by atoms with Gasteiger partial charge in [-0.25, -0.2) is 4.98 Å². The molecular weight excluding hydrogens is 236 g/mol. The minimum atomic E-state index is 0.778. The SMILES string of the molecule is Cn1ccnc1CCN(CCCN)C1CCCCC1. The van der Waals surface area contributed by atoms with Gasteiger partial charge in [0.05, 0.1) is 0 Å². The maximum absolute atomic E-state index is 5.68. The van der Waals surface area contributed by atoms with Crippen molar-refractivity contribution in [1.29, 1.82) is 0 Å². The Bertz CT molecular complexity index is 355. The second kappa shape index (κ2) is 7.65. The summed E-state index contributed by atoms with van der Waals surface area (Å²) in [7, 11) is 2.08. The van der Waals surface area contributed by atoms with E-state index in [2.05, 4.69) is 21.5 Å². The molecule has 2 N–H and O–H groups in total. The van der Waals surface area contributed by atoms with E-state index in [-0.39, 0.29) is 0 Å². The van der Waals surface area contributed by atoms with Crippen LogP contribution in [0.4, 0.5) is 0 Å². The zero-order chi connectivity index (χ0) is 13.5. The fourth-order valence-electron chi connectivity index (χ4n) is 3.10. The maximum atomic E-state index is 5.68. The van der Waals surface area contributed by atoms with Gasteiger partial charge in [-0.05, 0) is 32.4 Å². The molecule has 0 atom stereocenters. The lowest BCUT2D eigenvalue weighted by atomic mass is 9.94. The molecule has 0 amide bonds. The summed E-state index contributed by atoms with van der Waals surface area (Å²) >= 11 is 0. The monoisotopic (exact) mass is 264 g/mol. The van der Waals surface area contributed by atoms with Crippen LogP contribution in [0.25, 0.3) is 0 Å². The lowest BCUT2D eigenvalue weighted by molar-refractivity contribution is 0.155. The van der Waals surface area contributed by atoms with Crippen LogP contribution in [0, 0.1) is 0 Å². The number of nitrogens with two attached hydrogens (primary N) is 1. The van der Waals surface area contributed by atoms with Crippen LogP contribution in [0.5, 0.6) is 0 Å². The molecule has 4 heteroatoms. The largest absolute Gasteiger partial charge is 0.338 e. The third kappa shape index (κ3) is 4.32. The number of aromatic nitrogens is 2. The molecule has 0 aliphatic heterocycles. The summed E-state index contributed by atoms with van der Waals surface area (Å²) < 4.78 is 2.13. The van der Waals surface area contributed by atoms with Crippen molar-refractivity contribution in [1.82, 2.24) is 14.5 Å². The molecule has 2 rings (SSSR count). The minimum absolute atomic E-state index is 0.778. The molecule has 1 aliphatic carbocycles. The molecule has 108 valence electrons. The summed E-state index contributed by atoms with van der Waals surface area (Å²) in [4.78, 5) is 7.08. The smallest absolute Gasteiger partial charge is 0.109 e. The normalized spacial score (nSPS) is 17.2. The number of hydrogen-bond donors (Lipinski definition) is 1. The van der Waals surface area contributed by atoms with Crippen molar-refractivity contribution < 1.29 is 0 Å². The molecular formula is C15H28N4. The van der Waals surface area contributed by atoms with Crippen molar-refractivity contribution in [2.45, 2.75) is 51.0 Å². The molecule has 0 spiro atoms. The van der Waals surface area contributed by atoms with Gasteiger partial charge in [0.1, 0.15) is 5.82 Å². The predicted octanol–water partition coefficient (Wildman–Crippen LogP) is 1.95. The summed E-state index contributed by atoms with van der Waals surface area (Å²) in [5.74, 6) is 1.19. The van der Waals surface area contributed by atoms with Crippen LogP contribution in [0.3, 0.4) is 0 Å². The second-order valence-corrected chi connectivity index (χ2v) is 5.67. The standard InChI is InChI=1S/C15H28N4/c1-18-13-10-17-15(18)8-12-19(11-5-9-16)14-6-3-2-4-7-14/h10,13-14H,2-9,11-12,16H2,1H3. The lowest BCUT2D eigenvalue weighted by Crippen LogP contribution is -2.39.